The highest BCUT2D eigenvalue weighted by atomic mass is 16.5. The molecule has 1 N–H and O–H groups in total. The van der Waals surface area contributed by atoms with E-state index in [9.17, 15) is 4.79 Å². The summed E-state index contributed by atoms with van der Waals surface area (Å²) in [5.74, 6) is 2.06. The largest absolute Gasteiger partial charge is 0.497 e. The molecule has 0 aliphatic rings. The molecule has 0 aliphatic heterocycles. The molecule has 0 fully saturated rings. The lowest BCUT2D eigenvalue weighted by Gasteiger charge is -2.10. The highest BCUT2D eigenvalue weighted by Crippen LogP contribution is 2.26. The molecule has 0 aliphatic carbocycles. The average molecular weight is 365 g/mol. The van der Waals surface area contributed by atoms with Crippen LogP contribution in [0.1, 0.15) is 5.56 Å². The molecule has 0 unspecified atom stereocenters. The number of ether oxygens (including phenoxy) is 3. The first-order valence-corrected chi connectivity index (χ1v) is 8.39. The van der Waals surface area contributed by atoms with Crippen molar-refractivity contribution >= 4 is 21.9 Å². The molecule has 2 aromatic carbocycles. The monoisotopic (exact) mass is 365 g/mol. The molecule has 4 rings (SSSR count). The highest BCUT2D eigenvalue weighted by Gasteiger charge is 2.12. The zero-order chi connectivity index (χ0) is 19.0. The summed E-state index contributed by atoms with van der Waals surface area (Å²) >= 11 is 0. The number of H-pyrrole nitrogens is 1. The first-order chi connectivity index (χ1) is 13.1. The lowest BCUT2D eigenvalue weighted by atomic mass is 10.2. The third kappa shape index (κ3) is 2.97. The van der Waals surface area contributed by atoms with Crippen molar-refractivity contribution in [3.8, 4) is 17.2 Å². The van der Waals surface area contributed by atoms with Crippen molar-refractivity contribution in [2.75, 3.05) is 21.3 Å². The topological polar surface area (TPSA) is 78.4 Å². The molecule has 0 saturated carbocycles. The zero-order valence-corrected chi connectivity index (χ0v) is 15.3. The highest BCUT2D eigenvalue weighted by molar-refractivity contribution is 6.04. The van der Waals surface area contributed by atoms with Gasteiger partial charge in [0.15, 0.2) is 0 Å². The van der Waals surface area contributed by atoms with Crippen LogP contribution in [0.4, 0.5) is 0 Å². The summed E-state index contributed by atoms with van der Waals surface area (Å²) in [6.45, 7) is 0.355. The van der Waals surface area contributed by atoms with Crippen LogP contribution in [0.25, 0.3) is 21.9 Å². The molecule has 0 atom stereocenters. The second-order valence-corrected chi connectivity index (χ2v) is 6.16. The third-order valence-corrected chi connectivity index (χ3v) is 4.54. The lowest BCUT2D eigenvalue weighted by Crippen LogP contribution is -2.21. The maximum Gasteiger partial charge on any atom is 0.277 e. The van der Waals surface area contributed by atoms with Gasteiger partial charge in [-0.2, -0.15) is 0 Å². The van der Waals surface area contributed by atoms with E-state index in [1.165, 1.54) is 0 Å². The van der Waals surface area contributed by atoms with Crippen LogP contribution in [0, 0.1) is 0 Å². The maximum atomic E-state index is 13.0. The fourth-order valence-electron chi connectivity index (χ4n) is 3.17. The minimum atomic E-state index is -0.142. The average Bonchev–Trinajstić information content (AvgIpc) is 3.08. The van der Waals surface area contributed by atoms with E-state index in [1.807, 2.05) is 30.3 Å². The normalized spacial score (nSPS) is 11.1. The van der Waals surface area contributed by atoms with Crippen molar-refractivity contribution in [1.29, 1.82) is 0 Å². The van der Waals surface area contributed by atoms with Crippen molar-refractivity contribution < 1.29 is 14.2 Å². The summed E-state index contributed by atoms with van der Waals surface area (Å²) in [7, 11) is 4.80. The Labute approximate surface area is 155 Å². The van der Waals surface area contributed by atoms with E-state index in [0.29, 0.717) is 29.1 Å². The molecule has 27 heavy (non-hydrogen) atoms. The number of fused-ring (bicyclic) bond motifs is 3. The Morgan fingerprint density at radius 3 is 2.33 bits per heavy atom. The summed E-state index contributed by atoms with van der Waals surface area (Å²) in [6, 6.07) is 11.1. The number of rotatable bonds is 5. The number of hydrogen-bond acceptors (Lipinski definition) is 5. The van der Waals surface area contributed by atoms with E-state index >= 15 is 0 Å². The summed E-state index contributed by atoms with van der Waals surface area (Å²) in [4.78, 5) is 20.6. The number of benzene rings is 2. The van der Waals surface area contributed by atoms with E-state index in [-0.39, 0.29) is 5.56 Å². The quantitative estimate of drug-likeness (QED) is 0.588. The molecule has 7 heteroatoms. The number of nitrogens with zero attached hydrogens (tertiary/aromatic N) is 2. The Balaban J connectivity index is 1.80. The fourth-order valence-corrected chi connectivity index (χ4v) is 3.17. The van der Waals surface area contributed by atoms with E-state index < -0.39 is 0 Å². The molecule has 0 amide bonds. The van der Waals surface area contributed by atoms with E-state index in [1.54, 1.807) is 38.3 Å². The van der Waals surface area contributed by atoms with Crippen molar-refractivity contribution in [1.82, 2.24) is 14.5 Å². The second-order valence-electron chi connectivity index (χ2n) is 6.16. The molecular weight excluding hydrogens is 346 g/mol. The number of aromatic amines is 1. The van der Waals surface area contributed by atoms with Crippen LogP contribution in [-0.2, 0) is 6.54 Å². The summed E-state index contributed by atoms with van der Waals surface area (Å²) in [5, 5.41) is 0.887. The van der Waals surface area contributed by atoms with Crippen LogP contribution in [0.2, 0.25) is 0 Å². The van der Waals surface area contributed by atoms with Gasteiger partial charge in [-0.25, -0.2) is 4.98 Å². The van der Waals surface area contributed by atoms with Crippen molar-refractivity contribution in [3.63, 3.8) is 0 Å². The molecule has 2 heterocycles. The molecule has 2 aromatic heterocycles. The minimum Gasteiger partial charge on any atom is -0.497 e. The molecule has 138 valence electrons. The van der Waals surface area contributed by atoms with E-state index in [4.69, 9.17) is 14.2 Å². The van der Waals surface area contributed by atoms with Gasteiger partial charge >= 0.3 is 0 Å². The van der Waals surface area contributed by atoms with Crippen LogP contribution < -0.4 is 19.8 Å². The van der Waals surface area contributed by atoms with Crippen molar-refractivity contribution in [2.24, 2.45) is 0 Å². The molecule has 0 radical (unpaired) electrons. The molecule has 0 saturated heterocycles. The van der Waals surface area contributed by atoms with Crippen LogP contribution >= 0.6 is 0 Å². The number of hydrogen-bond donors (Lipinski definition) is 1. The van der Waals surface area contributed by atoms with Gasteiger partial charge in [-0.15, -0.1) is 0 Å². The van der Waals surface area contributed by atoms with Crippen LogP contribution in [0.15, 0.2) is 47.5 Å². The van der Waals surface area contributed by atoms with Gasteiger partial charge in [-0.05, 0) is 29.8 Å². The Bertz CT molecular complexity index is 1170. The van der Waals surface area contributed by atoms with Crippen LogP contribution in [0.5, 0.6) is 17.2 Å². The van der Waals surface area contributed by atoms with Gasteiger partial charge in [0.25, 0.3) is 5.56 Å². The molecule has 4 aromatic rings. The van der Waals surface area contributed by atoms with Crippen LogP contribution in [-0.4, -0.2) is 35.9 Å². The smallest absolute Gasteiger partial charge is 0.277 e. The zero-order valence-electron chi connectivity index (χ0n) is 15.3. The second kappa shape index (κ2) is 6.68. The first kappa shape index (κ1) is 17.0. The minimum absolute atomic E-state index is 0.142. The van der Waals surface area contributed by atoms with Crippen molar-refractivity contribution in [2.45, 2.75) is 6.54 Å². The summed E-state index contributed by atoms with van der Waals surface area (Å²) < 4.78 is 17.4. The Morgan fingerprint density at radius 1 is 0.963 bits per heavy atom. The summed E-state index contributed by atoms with van der Waals surface area (Å²) in [5.41, 5.74) is 2.67. The molecule has 0 bridgehead atoms. The number of methoxy groups -OCH3 is 3. The van der Waals surface area contributed by atoms with E-state index in [2.05, 4.69) is 9.97 Å². The van der Waals surface area contributed by atoms with Crippen molar-refractivity contribution in [3.05, 3.63) is 58.6 Å². The standard InChI is InChI=1S/C20H19N3O4/c1-25-13-4-5-16-17(9-13)22-19-18(16)21-11-23(20(19)24)10-12-6-14(26-2)8-15(7-12)27-3/h4-9,11,22H,10H2,1-3H3. The first-order valence-electron chi connectivity index (χ1n) is 8.39. The Morgan fingerprint density at radius 2 is 1.67 bits per heavy atom. The summed E-state index contributed by atoms with van der Waals surface area (Å²) in [6.07, 6.45) is 1.56. The van der Waals surface area contributed by atoms with Gasteiger partial charge in [0, 0.05) is 17.5 Å². The van der Waals surface area contributed by atoms with Crippen LogP contribution in [0.3, 0.4) is 0 Å². The number of nitrogens with one attached hydrogen (secondary N) is 1. The molecular formula is C20H19N3O4. The van der Waals surface area contributed by atoms with Gasteiger partial charge in [0.1, 0.15) is 28.3 Å². The molecule has 0 spiro atoms. The maximum absolute atomic E-state index is 13.0. The van der Waals surface area contributed by atoms with Gasteiger partial charge < -0.3 is 19.2 Å². The van der Waals surface area contributed by atoms with Gasteiger partial charge in [0.05, 0.1) is 39.7 Å². The van der Waals surface area contributed by atoms with Gasteiger partial charge in [-0.1, -0.05) is 0 Å². The fraction of sp³-hybridized carbons (Fsp3) is 0.200. The van der Waals surface area contributed by atoms with E-state index in [0.717, 1.165) is 22.2 Å². The predicted octanol–water partition coefficient (Wildman–Crippen LogP) is 2.95. The Kier molecular flexibility index (Phi) is 4.19. The third-order valence-electron chi connectivity index (χ3n) is 4.54. The molecule has 7 nitrogen and oxygen atoms in total. The Hall–Kier alpha value is -3.48. The number of aromatic nitrogens is 3. The SMILES string of the molecule is COc1cc(Cn2cnc3c([nH]c4cc(OC)ccc43)c2=O)cc(OC)c1. The van der Waals surface area contributed by atoms with Gasteiger partial charge in [0.2, 0.25) is 0 Å². The van der Waals surface area contributed by atoms with Gasteiger partial charge in [-0.3, -0.25) is 9.36 Å². The predicted molar refractivity (Wildman–Crippen MR) is 103 cm³/mol. The lowest BCUT2D eigenvalue weighted by molar-refractivity contribution is 0.393.